The van der Waals surface area contributed by atoms with Crippen molar-refractivity contribution in [3.63, 3.8) is 0 Å². The van der Waals surface area contributed by atoms with Gasteiger partial charge in [-0.05, 0) is 30.5 Å². The maximum Gasteiger partial charge on any atom is 0.325 e. The molecular formula is C20H27N3O5. The van der Waals surface area contributed by atoms with Crippen molar-refractivity contribution < 1.29 is 23.9 Å². The molecule has 1 aromatic carbocycles. The van der Waals surface area contributed by atoms with Crippen molar-refractivity contribution in [3.05, 3.63) is 29.8 Å². The first-order chi connectivity index (χ1) is 13.3. The Bertz CT molecular complexity index is 730. The highest BCUT2D eigenvalue weighted by atomic mass is 16.5. The zero-order valence-electron chi connectivity index (χ0n) is 16.5. The molecule has 1 saturated heterocycles. The summed E-state index contributed by atoms with van der Waals surface area (Å²) < 4.78 is 4.46. The highest BCUT2D eigenvalue weighted by Crippen LogP contribution is 2.21. The minimum Gasteiger partial charge on any atom is -0.468 e. The fourth-order valence-electron chi connectivity index (χ4n) is 3.06. The summed E-state index contributed by atoms with van der Waals surface area (Å²) in [6, 6.07) is 6.45. The van der Waals surface area contributed by atoms with Gasteiger partial charge in [-0.15, -0.1) is 0 Å². The molecule has 1 aliphatic heterocycles. The zero-order chi connectivity index (χ0) is 20.7. The molecule has 0 saturated carbocycles. The lowest BCUT2D eigenvalue weighted by Gasteiger charge is -2.25. The molecule has 2 N–H and O–H groups in total. The van der Waals surface area contributed by atoms with E-state index in [-0.39, 0.29) is 36.6 Å². The van der Waals surface area contributed by atoms with Gasteiger partial charge in [0.25, 0.3) is 0 Å². The number of esters is 1. The molecule has 0 spiro atoms. The van der Waals surface area contributed by atoms with E-state index in [1.54, 1.807) is 29.2 Å². The molecule has 1 unspecified atom stereocenters. The van der Waals surface area contributed by atoms with E-state index in [1.807, 2.05) is 13.8 Å². The van der Waals surface area contributed by atoms with Crippen LogP contribution in [0.1, 0.15) is 32.3 Å². The minimum absolute atomic E-state index is 0.00837. The third-order valence-corrected chi connectivity index (χ3v) is 4.58. The normalized spacial score (nSPS) is 16.0. The van der Waals surface area contributed by atoms with Crippen LogP contribution in [0.25, 0.3) is 0 Å². The Kier molecular flexibility index (Phi) is 7.54. The number of carbonyl (C=O) groups is 4. The molecule has 0 aliphatic carbocycles. The number of ether oxygens (including phenoxy) is 1. The van der Waals surface area contributed by atoms with Crippen molar-refractivity contribution >= 4 is 29.4 Å². The number of rotatable bonds is 7. The zero-order valence-corrected chi connectivity index (χ0v) is 16.5. The number of hydrogen-bond donors (Lipinski definition) is 2. The second-order valence-electron chi connectivity index (χ2n) is 7.06. The molecule has 0 bridgehead atoms. The Labute approximate surface area is 164 Å². The lowest BCUT2D eigenvalue weighted by molar-refractivity contribution is -0.141. The van der Waals surface area contributed by atoms with Crippen molar-refractivity contribution in [2.75, 3.05) is 25.5 Å². The standard InChI is InChI=1S/C20H27N3O5/c1-13(2)20(27)23-10-4-5-16(23)19(26)22-15-8-6-14(7-9-15)11-17(24)21-12-18(25)28-3/h6-9,13,16H,4-5,10-12H2,1-3H3,(H,21,24)(H,22,26). The van der Waals surface area contributed by atoms with Gasteiger partial charge in [-0.3, -0.25) is 19.2 Å². The van der Waals surface area contributed by atoms with Gasteiger partial charge in [-0.25, -0.2) is 0 Å². The van der Waals surface area contributed by atoms with Crippen molar-refractivity contribution in [3.8, 4) is 0 Å². The van der Waals surface area contributed by atoms with Gasteiger partial charge in [-0.2, -0.15) is 0 Å². The maximum absolute atomic E-state index is 12.6. The lowest BCUT2D eigenvalue weighted by Crippen LogP contribution is -2.44. The van der Waals surface area contributed by atoms with Crippen LogP contribution in [-0.2, 0) is 30.3 Å². The van der Waals surface area contributed by atoms with E-state index in [0.29, 0.717) is 18.7 Å². The summed E-state index contributed by atoms with van der Waals surface area (Å²) in [7, 11) is 1.26. The van der Waals surface area contributed by atoms with E-state index >= 15 is 0 Å². The number of nitrogens with one attached hydrogen (secondary N) is 2. The molecule has 1 fully saturated rings. The largest absolute Gasteiger partial charge is 0.468 e. The highest BCUT2D eigenvalue weighted by Gasteiger charge is 2.34. The summed E-state index contributed by atoms with van der Waals surface area (Å²) in [4.78, 5) is 49.3. The molecule has 1 atom stereocenters. The summed E-state index contributed by atoms with van der Waals surface area (Å²) in [5.74, 6) is -1.15. The topological polar surface area (TPSA) is 105 Å². The van der Waals surface area contributed by atoms with Crippen LogP contribution >= 0.6 is 0 Å². The second kappa shape index (κ2) is 9.87. The molecule has 3 amide bonds. The van der Waals surface area contributed by atoms with E-state index in [9.17, 15) is 19.2 Å². The Hall–Kier alpha value is -2.90. The van der Waals surface area contributed by atoms with E-state index in [1.165, 1.54) is 7.11 Å². The SMILES string of the molecule is COC(=O)CNC(=O)Cc1ccc(NC(=O)C2CCCN2C(=O)C(C)C)cc1. The number of hydrogen-bond acceptors (Lipinski definition) is 5. The summed E-state index contributed by atoms with van der Waals surface area (Å²) in [5, 5.41) is 5.31. The minimum atomic E-state index is -0.511. The fraction of sp³-hybridized carbons (Fsp3) is 0.500. The molecule has 28 heavy (non-hydrogen) atoms. The smallest absolute Gasteiger partial charge is 0.325 e. The predicted molar refractivity (Wildman–Crippen MR) is 103 cm³/mol. The van der Waals surface area contributed by atoms with Crippen LogP contribution < -0.4 is 10.6 Å². The Morgan fingerprint density at radius 1 is 1.18 bits per heavy atom. The van der Waals surface area contributed by atoms with Gasteiger partial charge in [0.15, 0.2) is 0 Å². The van der Waals surface area contributed by atoms with Crippen molar-refractivity contribution in [1.29, 1.82) is 0 Å². The molecule has 0 radical (unpaired) electrons. The van der Waals surface area contributed by atoms with Gasteiger partial charge in [0, 0.05) is 18.2 Å². The van der Waals surface area contributed by atoms with Crippen molar-refractivity contribution in [2.24, 2.45) is 5.92 Å². The number of nitrogens with zero attached hydrogens (tertiary/aromatic N) is 1. The summed E-state index contributed by atoms with van der Waals surface area (Å²) in [5.41, 5.74) is 1.35. The predicted octanol–water partition coefficient (Wildman–Crippen LogP) is 1.10. The van der Waals surface area contributed by atoms with Crippen LogP contribution in [0.2, 0.25) is 0 Å². The molecule has 8 heteroatoms. The molecule has 8 nitrogen and oxygen atoms in total. The van der Waals surface area contributed by atoms with Gasteiger partial charge >= 0.3 is 5.97 Å². The van der Waals surface area contributed by atoms with Crippen LogP contribution in [0.5, 0.6) is 0 Å². The molecular weight excluding hydrogens is 362 g/mol. The highest BCUT2D eigenvalue weighted by molar-refractivity contribution is 5.97. The second-order valence-corrected chi connectivity index (χ2v) is 7.06. The van der Waals surface area contributed by atoms with Crippen LogP contribution in [0.3, 0.4) is 0 Å². The number of likely N-dealkylation sites (tertiary alicyclic amines) is 1. The fourth-order valence-corrected chi connectivity index (χ4v) is 3.06. The van der Waals surface area contributed by atoms with Gasteiger partial charge in [0.05, 0.1) is 13.5 Å². The first kappa shape index (κ1) is 21.4. The van der Waals surface area contributed by atoms with Gasteiger partial charge in [0.1, 0.15) is 12.6 Å². The Morgan fingerprint density at radius 2 is 1.86 bits per heavy atom. The average molecular weight is 389 g/mol. The average Bonchev–Trinajstić information content (AvgIpc) is 3.16. The van der Waals surface area contributed by atoms with E-state index in [4.69, 9.17) is 0 Å². The molecule has 1 aromatic rings. The van der Waals surface area contributed by atoms with Crippen LogP contribution in [0, 0.1) is 5.92 Å². The third kappa shape index (κ3) is 5.80. The summed E-state index contributed by atoms with van der Waals surface area (Å²) in [6.45, 7) is 4.09. The van der Waals surface area contributed by atoms with E-state index in [0.717, 1.165) is 12.0 Å². The maximum atomic E-state index is 12.6. The molecule has 1 heterocycles. The van der Waals surface area contributed by atoms with Gasteiger partial charge in [0.2, 0.25) is 17.7 Å². The summed E-state index contributed by atoms with van der Waals surface area (Å²) >= 11 is 0. The Balaban J connectivity index is 1.89. The molecule has 1 aliphatic rings. The van der Waals surface area contributed by atoms with Gasteiger partial charge in [-0.1, -0.05) is 26.0 Å². The van der Waals surface area contributed by atoms with Crippen LogP contribution in [-0.4, -0.2) is 54.8 Å². The summed E-state index contributed by atoms with van der Waals surface area (Å²) in [6.07, 6.45) is 1.59. The Morgan fingerprint density at radius 3 is 2.46 bits per heavy atom. The van der Waals surface area contributed by atoms with Crippen LogP contribution in [0.15, 0.2) is 24.3 Å². The molecule has 0 aromatic heterocycles. The van der Waals surface area contributed by atoms with Gasteiger partial charge < -0.3 is 20.3 Å². The van der Waals surface area contributed by atoms with Crippen molar-refractivity contribution in [2.45, 2.75) is 39.2 Å². The number of methoxy groups -OCH3 is 1. The number of benzene rings is 1. The van der Waals surface area contributed by atoms with Crippen molar-refractivity contribution in [1.82, 2.24) is 10.2 Å². The monoisotopic (exact) mass is 389 g/mol. The first-order valence-corrected chi connectivity index (χ1v) is 9.35. The quantitative estimate of drug-likeness (QED) is 0.680. The van der Waals surface area contributed by atoms with Crippen LogP contribution in [0.4, 0.5) is 5.69 Å². The third-order valence-electron chi connectivity index (χ3n) is 4.58. The van der Waals surface area contributed by atoms with E-state index in [2.05, 4.69) is 15.4 Å². The first-order valence-electron chi connectivity index (χ1n) is 9.35. The molecule has 2 rings (SSSR count). The number of anilines is 1. The number of carbonyl (C=O) groups excluding carboxylic acids is 4. The van der Waals surface area contributed by atoms with E-state index < -0.39 is 12.0 Å². The molecule has 152 valence electrons. The number of amides is 3. The lowest BCUT2D eigenvalue weighted by atomic mass is 10.1.